The maximum absolute atomic E-state index is 13.7. The highest BCUT2D eigenvalue weighted by atomic mass is 16.5. The minimum atomic E-state index is -0.352. The number of nitrogens with one attached hydrogen (secondary N) is 1. The van der Waals surface area contributed by atoms with Crippen LogP contribution in [-0.4, -0.2) is 40.7 Å². The van der Waals surface area contributed by atoms with E-state index in [4.69, 9.17) is 9.72 Å². The lowest BCUT2D eigenvalue weighted by atomic mass is 10.1. The highest BCUT2D eigenvalue weighted by Crippen LogP contribution is 2.26. The third-order valence-electron chi connectivity index (χ3n) is 6.37. The van der Waals surface area contributed by atoms with Gasteiger partial charge in [0.15, 0.2) is 0 Å². The van der Waals surface area contributed by atoms with Crippen molar-refractivity contribution in [1.82, 2.24) is 14.5 Å². The molecule has 188 valence electrons. The molecule has 3 aromatic rings. The highest BCUT2D eigenvalue weighted by molar-refractivity contribution is 5.90. The number of amides is 2. The van der Waals surface area contributed by atoms with Crippen molar-refractivity contribution in [3.63, 3.8) is 0 Å². The Kier molecular flexibility index (Phi) is 9.85. The average molecular weight is 479 g/mol. The van der Waals surface area contributed by atoms with E-state index in [9.17, 15) is 9.59 Å². The quantitative estimate of drug-likeness (QED) is 0.328. The number of aryl methyl sites for hydroxylation is 1. The Hall–Kier alpha value is -3.19. The van der Waals surface area contributed by atoms with Gasteiger partial charge in [0.2, 0.25) is 0 Å². The van der Waals surface area contributed by atoms with Crippen LogP contribution in [0.2, 0.25) is 0 Å². The van der Waals surface area contributed by atoms with Gasteiger partial charge in [-0.3, -0.25) is 9.36 Å². The van der Waals surface area contributed by atoms with Gasteiger partial charge in [0, 0.05) is 19.3 Å². The number of nitrogens with zero attached hydrogens (tertiary/aromatic N) is 3. The summed E-state index contributed by atoms with van der Waals surface area (Å²) >= 11 is 0. The van der Waals surface area contributed by atoms with Crippen molar-refractivity contribution in [3.05, 3.63) is 70.3 Å². The van der Waals surface area contributed by atoms with Crippen LogP contribution in [0.4, 0.5) is 10.5 Å². The molecule has 7 heteroatoms. The van der Waals surface area contributed by atoms with Crippen LogP contribution < -0.4 is 10.9 Å². The van der Waals surface area contributed by atoms with Gasteiger partial charge in [-0.2, -0.15) is 0 Å². The molecule has 0 saturated heterocycles. The molecule has 1 heterocycles. The molecule has 1 atom stereocenters. The largest absolute Gasteiger partial charge is 0.383 e. The van der Waals surface area contributed by atoms with Crippen molar-refractivity contribution >= 4 is 22.6 Å². The van der Waals surface area contributed by atoms with Gasteiger partial charge in [0.25, 0.3) is 5.56 Å². The van der Waals surface area contributed by atoms with E-state index in [1.165, 1.54) is 0 Å². The first-order valence-electron chi connectivity index (χ1n) is 12.6. The summed E-state index contributed by atoms with van der Waals surface area (Å²) in [6.45, 7) is 7.53. The lowest BCUT2D eigenvalue weighted by Crippen LogP contribution is -2.42. The van der Waals surface area contributed by atoms with Gasteiger partial charge in [-0.1, -0.05) is 63.4 Å². The summed E-state index contributed by atoms with van der Waals surface area (Å²) in [4.78, 5) is 33.9. The lowest BCUT2D eigenvalue weighted by Gasteiger charge is -2.32. The van der Waals surface area contributed by atoms with E-state index in [2.05, 4.69) is 12.2 Å². The molecule has 0 fully saturated rings. The molecule has 1 unspecified atom stereocenters. The molecule has 0 saturated carbocycles. The van der Waals surface area contributed by atoms with E-state index in [0.717, 1.165) is 36.9 Å². The number of carbonyl (C=O) groups is 1. The molecule has 0 radical (unpaired) electrons. The zero-order valence-corrected chi connectivity index (χ0v) is 21.4. The lowest BCUT2D eigenvalue weighted by molar-refractivity contribution is 0.168. The normalized spacial score (nSPS) is 12.0. The fourth-order valence-electron chi connectivity index (χ4n) is 4.39. The molecule has 1 aromatic heterocycles. The Morgan fingerprint density at radius 2 is 1.83 bits per heavy atom. The Labute approximate surface area is 208 Å². The Balaban J connectivity index is 2.05. The van der Waals surface area contributed by atoms with E-state index < -0.39 is 0 Å². The maximum atomic E-state index is 13.7. The van der Waals surface area contributed by atoms with Gasteiger partial charge in [-0.05, 0) is 43.5 Å². The van der Waals surface area contributed by atoms with E-state index in [1.807, 2.05) is 61.2 Å². The summed E-state index contributed by atoms with van der Waals surface area (Å²) in [5, 5.41) is 3.67. The van der Waals surface area contributed by atoms with Crippen LogP contribution in [-0.2, 0) is 11.3 Å². The molecule has 3 rings (SSSR count). The first-order valence-corrected chi connectivity index (χ1v) is 12.6. The molecule has 1 N–H and O–H groups in total. The average Bonchev–Trinajstić information content (AvgIpc) is 2.87. The van der Waals surface area contributed by atoms with Crippen molar-refractivity contribution in [3.8, 4) is 0 Å². The van der Waals surface area contributed by atoms with Crippen LogP contribution in [0.1, 0.15) is 63.4 Å². The molecule has 0 bridgehead atoms. The van der Waals surface area contributed by atoms with Crippen LogP contribution in [0.15, 0.2) is 53.3 Å². The molecule has 0 aliphatic rings. The predicted octanol–water partition coefficient (Wildman–Crippen LogP) is 5.92. The van der Waals surface area contributed by atoms with Gasteiger partial charge < -0.3 is 15.0 Å². The molecular formula is C28H38N4O3. The second-order valence-electron chi connectivity index (χ2n) is 8.86. The van der Waals surface area contributed by atoms with Gasteiger partial charge in [-0.25, -0.2) is 9.78 Å². The number of ether oxygens (including phenoxy) is 1. The first kappa shape index (κ1) is 26.4. The smallest absolute Gasteiger partial charge is 0.322 e. The molecule has 35 heavy (non-hydrogen) atoms. The van der Waals surface area contributed by atoms with Gasteiger partial charge in [0.1, 0.15) is 5.82 Å². The summed E-state index contributed by atoms with van der Waals surface area (Å²) in [7, 11) is 1.62. The number of para-hydroxylation sites is 2. The fourth-order valence-corrected chi connectivity index (χ4v) is 4.39. The van der Waals surface area contributed by atoms with E-state index >= 15 is 0 Å². The summed E-state index contributed by atoms with van der Waals surface area (Å²) in [5.74, 6) is 0.601. The Bertz CT molecular complexity index is 1170. The number of aromatic nitrogens is 2. The minimum absolute atomic E-state index is 0.105. The summed E-state index contributed by atoms with van der Waals surface area (Å²) in [5.41, 5.74) is 2.33. The van der Waals surface area contributed by atoms with E-state index in [1.54, 1.807) is 17.7 Å². The van der Waals surface area contributed by atoms with Crippen molar-refractivity contribution in [2.75, 3.05) is 25.6 Å². The topological polar surface area (TPSA) is 76.5 Å². The number of hydrogen-bond acceptors (Lipinski definition) is 4. The number of rotatable bonds is 12. The maximum Gasteiger partial charge on any atom is 0.322 e. The monoisotopic (exact) mass is 478 g/mol. The van der Waals surface area contributed by atoms with Gasteiger partial charge in [-0.15, -0.1) is 0 Å². The second-order valence-corrected chi connectivity index (χ2v) is 8.86. The van der Waals surface area contributed by atoms with E-state index in [0.29, 0.717) is 42.8 Å². The van der Waals surface area contributed by atoms with Crippen LogP contribution >= 0.6 is 0 Å². The Morgan fingerprint density at radius 3 is 2.54 bits per heavy atom. The number of hydrogen-bond donors (Lipinski definition) is 1. The first-order chi connectivity index (χ1) is 17.0. The van der Waals surface area contributed by atoms with E-state index in [-0.39, 0.29) is 17.6 Å². The van der Waals surface area contributed by atoms with Crippen LogP contribution in [0.25, 0.3) is 10.9 Å². The number of unbranched alkanes of at least 4 members (excludes halogenated alkanes) is 3. The van der Waals surface area contributed by atoms with Crippen molar-refractivity contribution < 1.29 is 9.53 Å². The minimum Gasteiger partial charge on any atom is -0.383 e. The number of fused-ring (bicyclic) bond motifs is 1. The molecule has 2 aromatic carbocycles. The summed E-state index contributed by atoms with van der Waals surface area (Å²) in [6.07, 6.45) is 4.81. The number of carbonyl (C=O) groups excluding carboxylic acids is 1. The standard InChI is InChI=1S/C28H38N4O3/c1-5-7-8-13-18-31(28(34)30-23-16-11-9-14-21(23)3)25(6-2)26-29-24-17-12-10-15-22(24)27(33)32(26)19-20-35-4/h9-12,14-17,25H,5-8,13,18-20H2,1-4H3,(H,30,34). The van der Waals surface area contributed by atoms with Crippen molar-refractivity contribution in [1.29, 1.82) is 0 Å². The Morgan fingerprint density at radius 1 is 1.09 bits per heavy atom. The third-order valence-corrected chi connectivity index (χ3v) is 6.37. The third kappa shape index (κ3) is 6.48. The number of urea groups is 1. The zero-order valence-electron chi connectivity index (χ0n) is 21.4. The van der Waals surface area contributed by atoms with Gasteiger partial charge >= 0.3 is 6.03 Å². The molecule has 0 aliphatic carbocycles. The van der Waals surface area contributed by atoms with Crippen LogP contribution in [0.3, 0.4) is 0 Å². The molecule has 7 nitrogen and oxygen atoms in total. The summed E-state index contributed by atoms with van der Waals surface area (Å²) < 4.78 is 6.97. The summed E-state index contributed by atoms with van der Waals surface area (Å²) in [6, 6.07) is 14.6. The number of anilines is 1. The van der Waals surface area contributed by atoms with Crippen molar-refractivity contribution in [2.45, 2.75) is 65.5 Å². The second kappa shape index (κ2) is 13.0. The van der Waals surface area contributed by atoms with Gasteiger partial charge in [0.05, 0.1) is 30.1 Å². The molecule has 0 spiro atoms. The predicted molar refractivity (Wildman–Crippen MR) is 142 cm³/mol. The van der Waals surface area contributed by atoms with Crippen LogP contribution in [0, 0.1) is 6.92 Å². The molecular weight excluding hydrogens is 440 g/mol. The highest BCUT2D eigenvalue weighted by Gasteiger charge is 2.28. The number of methoxy groups -OCH3 is 1. The number of benzene rings is 2. The fraction of sp³-hybridized carbons (Fsp3) is 0.464. The molecule has 2 amide bonds. The van der Waals surface area contributed by atoms with Crippen molar-refractivity contribution in [2.24, 2.45) is 0 Å². The van der Waals surface area contributed by atoms with Crippen LogP contribution in [0.5, 0.6) is 0 Å². The SMILES string of the molecule is CCCCCCN(C(=O)Nc1ccccc1C)C(CC)c1nc2ccccc2c(=O)n1CCOC. The zero-order chi connectivity index (χ0) is 25.2. The molecule has 0 aliphatic heterocycles.